The van der Waals surface area contributed by atoms with Crippen LogP contribution in [0.15, 0.2) is 0 Å². The van der Waals surface area contributed by atoms with Gasteiger partial charge in [0.05, 0.1) is 0 Å². The first kappa shape index (κ1) is 18.3. The van der Waals surface area contributed by atoms with Gasteiger partial charge >= 0.3 is 0 Å². The van der Waals surface area contributed by atoms with Crippen LogP contribution in [-0.4, -0.2) is 5.38 Å². The summed E-state index contributed by atoms with van der Waals surface area (Å²) >= 11 is 5.92. The Morgan fingerprint density at radius 1 is 0.611 bits per heavy atom. The molecule has 0 rings (SSSR count). The summed E-state index contributed by atoms with van der Waals surface area (Å²) in [7, 11) is 0. The highest BCUT2D eigenvalue weighted by molar-refractivity contribution is 6.20. The van der Waals surface area contributed by atoms with E-state index in [1.165, 1.54) is 89.9 Å². The van der Waals surface area contributed by atoms with Gasteiger partial charge in [-0.2, -0.15) is 0 Å². The van der Waals surface area contributed by atoms with Crippen LogP contribution in [-0.2, 0) is 0 Å². The van der Waals surface area contributed by atoms with Crippen molar-refractivity contribution < 1.29 is 0 Å². The van der Waals surface area contributed by atoms with Gasteiger partial charge in [-0.05, 0) is 13.3 Å². The van der Waals surface area contributed by atoms with E-state index >= 15 is 0 Å². The second-order valence-electron chi connectivity index (χ2n) is 5.81. The minimum absolute atomic E-state index is 0.373. The average molecular weight is 275 g/mol. The minimum atomic E-state index is 0.373. The summed E-state index contributed by atoms with van der Waals surface area (Å²) in [5.74, 6) is 0. The van der Waals surface area contributed by atoms with Crippen LogP contribution in [0.5, 0.6) is 0 Å². The largest absolute Gasteiger partial charge is 0.123 e. The van der Waals surface area contributed by atoms with E-state index in [0.717, 1.165) is 0 Å². The SMILES string of the molecule is CCCCCCCCCCCCCCCC(C)Cl. The van der Waals surface area contributed by atoms with Crippen LogP contribution >= 0.6 is 11.6 Å². The summed E-state index contributed by atoms with van der Waals surface area (Å²) in [5, 5.41) is 0.373. The maximum absolute atomic E-state index is 5.92. The van der Waals surface area contributed by atoms with E-state index in [1.54, 1.807) is 0 Å². The van der Waals surface area contributed by atoms with Crippen LogP contribution in [0.3, 0.4) is 0 Å². The van der Waals surface area contributed by atoms with Crippen molar-refractivity contribution in [3.05, 3.63) is 0 Å². The molecule has 0 aliphatic rings. The molecule has 0 radical (unpaired) electrons. The van der Waals surface area contributed by atoms with Crippen molar-refractivity contribution in [1.82, 2.24) is 0 Å². The predicted octanol–water partition coefficient (Wildman–Crippen LogP) is 7.10. The number of hydrogen-bond acceptors (Lipinski definition) is 0. The highest BCUT2D eigenvalue weighted by Crippen LogP contribution is 2.14. The molecule has 1 atom stereocenters. The first-order chi connectivity index (χ1) is 8.77. The molecule has 0 aromatic carbocycles. The minimum Gasteiger partial charge on any atom is -0.123 e. The van der Waals surface area contributed by atoms with E-state index in [9.17, 15) is 0 Å². The lowest BCUT2D eigenvalue weighted by Crippen LogP contribution is -1.90. The Labute approximate surface area is 121 Å². The van der Waals surface area contributed by atoms with Crippen molar-refractivity contribution >= 4 is 11.6 Å². The van der Waals surface area contributed by atoms with Crippen molar-refractivity contribution in [2.75, 3.05) is 0 Å². The first-order valence-electron chi connectivity index (χ1n) is 8.41. The van der Waals surface area contributed by atoms with Crippen LogP contribution in [0, 0.1) is 0 Å². The third kappa shape index (κ3) is 16.3. The van der Waals surface area contributed by atoms with E-state index in [4.69, 9.17) is 11.6 Å². The molecule has 0 N–H and O–H groups in total. The quantitative estimate of drug-likeness (QED) is 0.234. The number of rotatable bonds is 14. The summed E-state index contributed by atoms with van der Waals surface area (Å²) in [5.41, 5.74) is 0. The smallest absolute Gasteiger partial charge is 0.0307 e. The molecule has 0 bridgehead atoms. The van der Waals surface area contributed by atoms with Gasteiger partial charge in [-0.15, -0.1) is 11.6 Å². The molecule has 0 aliphatic heterocycles. The van der Waals surface area contributed by atoms with Gasteiger partial charge in [0.15, 0.2) is 0 Å². The van der Waals surface area contributed by atoms with E-state index in [1.807, 2.05) is 0 Å². The van der Waals surface area contributed by atoms with Gasteiger partial charge in [0, 0.05) is 5.38 Å². The lowest BCUT2D eigenvalue weighted by Gasteiger charge is -2.04. The molecule has 0 saturated carbocycles. The molecule has 110 valence electrons. The van der Waals surface area contributed by atoms with Gasteiger partial charge < -0.3 is 0 Å². The van der Waals surface area contributed by atoms with Gasteiger partial charge in [0.2, 0.25) is 0 Å². The molecular weight excluding hydrogens is 240 g/mol. The van der Waals surface area contributed by atoms with Crippen LogP contribution in [0.4, 0.5) is 0 Å². The Kier molecular flexibility index (Phi) is 15.6. The normalized spacial score (nSPS) is 12.8. The number of alkyl halides is 1. The standard InChI is InChI=1S/C17H35Cl/c1-3-4-5-6-7-8-9-10-11-12-13-14-15-16-17(2)18/h17H,3-16H2,1-2H3. The Morgan fingerprint density at radius 3 is 1.28 bits per heavy atom. The van der Waals surface area contributed by atoms with Crippen molar-refractivity contribution in [2.24, 2.45) is 0 Å². The topological polar surface area (TPSA) is 0 Å². The molecule has 1 unspecified atom stereocenters. The third-order valence-corrected chi connectivity index (χ3v) is 3.92. The first-order valence-corrected chi connectivity index (χ1v) is 8.85. The Bertz CT molecular complexity index is 143. The summed E-state index contributed by atoms with van der Waals surface area (Å²) in [6.45, 7) is 4.38. The molecular formula is C17H35Cl. The third-order valence-electron chi connectivity index (χ3n) is 3.71. The molecule has 0 saturated heterocycles. The summed E-state index contributed by atoms with van der Waals surface area (Å²) in [6, 6.07) is 0. The Hall–Kier alpha value is 0.290. The monoisotopic (exact) mass is 274 g/mol. The summed E-state index contributed by atoms with van der Waals surface area (Å²) < 4.78 is 0. The molecule has 0 aromatic heterocycles. The van der Waals surface area contributed by atoms with E-state index in [0.29, 0.717) is 5.38 Å². The molecule has 1 heteroatoms. The van der Waals surface area contributed by atoms with Crippen molar-refractivity contribution in [3.8, 4) is 0 Å². The van der Waals surface area contributed by atoms with Crippen molar-refractivity contribution in [3.63, 3.8) is 0 Å². The van der Waals surface area contributed by atoms with E-state index < -0.39 is 0 Å². The summed E-state index contributed by atoms with van der Waals surface area (Å²) in [4.78, 5) is 0. The highest BCUT2D eigenvalue weighted by atomic mass is 35.5. The Balaban J connectivity index is 2.90. The second-order valence-corrected chi connectivity index (χ2v) is 6.56. The zero-order valence-corrected chi connectivity index (χ0v) is 13.6. The van der Waals surface area contributed by atoms with E-state index in [2.05, 4.69) is 13.8 Å². The molecule has 18 heavy (non-hydrogen) atoms. The fourth-order valence-electron chi connectivity index (χ4n) is 2.44. The molecule has 0 nitrogen and oxygen atoms in total. The maximum Gasteiger partial charge on any atom is 0.0307 e. The lowest BCUT2D eigenvalue weighted by atomic mass is 10.0. The maximum atomic E-state index is 5.92. The highest BCUT2D eigenvalue weighted by Gasteiger charge is 1.96. The number of hydrogen-bond donors (Lipinski definition) is 0. The van der Waals surface area contributed by atoms with Crippen molar-refractivity contribution in [1.29, 1.82) is 0 Å². The van der Waals surface area contributed by atoms with Gasteiger partial charge in [-0.25, -0.2) is 0 Å². The van der Waals surface area contributed by atoms with Crippen LogP contribution in [0.25, 0.3) is 0 Å². The molecule has 0 spiro atoms. The van der Waals surface area contributed by atoms with Gasteiger partial charge in [0.25, 0.3) is 0 Å². The molecule has 0 aromatic rings. The number of halogens is 1. The summed E-state index contributed by atoms with van der Waals surface area (Å²) in [6.07, 6.45) is 19.8. The second kappa shape index (κ2) is 15.3. The fraction of sp³-hybridized carbons (Fsp3) is 1.00. The van der Waals surface area contributed by atoms with E-state index in [-0.39, 0.29) is 0 Å². The molecule has 0 heterocycles. The van der Waals surface area contributed by atoms with Crippen LogP contribution in [0.2, 0.25) is 0 Å². The zero-order chi connectivity index (χ0) is 13.5. The molecule has 0 amide bonds. The van der Waals surface area contributed by atoms with Gasteiger partial charge in [-0.3, -0.25) is 0 Å². The molecule has 0 aliphatic carbocycles. The average Bonchev–Trinajstić information content (AvgIpc) is 2.34. The fourth-order valence-corrected chi connectivity index (χ4v) is 2.60. The molecule has 0 fully saturated rings. The zero-order valence-electron chi connectivity index (χ0n) is 12.9. The van der Waals surface area contributed by atoms with Crippen LogP contribution in [0.1, 0.15) is 104 Å². The van der Waals surface area contributed by atoms with Crippen molar-refractivity contribution in [2.45, 2.75) is 109 Å². The number of unbranched alkanes of at least 4 members (excludes halogenated alkanes) is 12. The lowest BCUT2D eigenvalue weighted by molar-refractivity contribution is 0.535. The predicted molar refractivity (Wildman–Crippen MR) is 85.6 cm³/mol. The van der Waals surface area contributed by atoms with Gasteiger partial charge in [0.1, 0.15) is 0 Å². The van der Waals surface area contributed by atoms with Gasteiger partial charge in [-0.1, -0.05) is 90.4 Å². The van der Waals surface area contributed by atoms with Crippen LogP contribution < -0.4 is 0 Å². The Morgan fingerprint density at radius 2 is 0.944 bits per heavy atom.